The molecular formula is C20H32ClNO3. The molecule has 25 heavy (non-hydrogen) atoms. The van der Waals surface area contributed by atoms with Gasteiger partial charge >= 0.3 is 5.97 Å². The molecule has 142 valence electrons. The van der Waals surface area contributed by atoms with Gasteiger partial charge in [-0.1, -0.05) is 12.1 Å². The Hall–Kier alpha value is -1.26. The van der Waals surface area contributed by atoms with Gasteiger partial charge in [-0.2, -0.15) is 0 Å². The zero-order valence-corrected chi connectivity index (χ0v) is 16.7. The van der Waals surface area contributed by atoms with Crippen LogP contribution in [-0.2, 0) is 16.0 Å². The van der Waals surface area contributed by atoms with Gasteiger partial charge in [-0.15, -0.1) is 11.6 Å². The van der Waals surface area contributed by atoms with Crippen molar-refractivity contribution in [2.45, 2.75) is 64.5 Å². The van der Waals surface area contributed by atoms with Gasteiger partial charge in [-0.25, -0.2) is 0 Å². The van der Waals surface area contributed by atoms with Crippen LogP contribution >= 0.6 is 11.6 Å². The molecule has 4 nitrogen and oxygen atoms in total. The number of rotatable bonds is 11. The van der Waals surface area contributed by atoms with E-state index in [0.717, 1.165) is 37.9 Å². The highest BCUT2D eigenvalue weighted by atomic mass is 35.5. The minimum absolute atomic E-state index is 0.124. The topological polar surface area (TPSA) is 47.6 Å². The van der Waals surface area contributed by atoms with Crippen LogP contribution in [0.1, 0.15) is 52.0 Å². The van der Waals surface area contributed by atoms with E-state index in [1.807, 2.05) is 12.1 Å². The van der Waals surface area contributed by atoms with Gasteiger partial charge in [0.05, 0.1) is 13.7 Å². The van der Waals surface area contributed by atoms with Gasteiger partial charge in [0.1, 0.15) is 11.8 Å². The normalized spacial score (nSPS) is 12.7. The summed E-state index contributed by atoms with van der Waals surface area (Å²) in [5, 5.41) is 3.33. The molecule has 0 heterocycles. The Morgan fingerprint density at radius 1 is 1.16 bits per heavy atom. The molecular weight excluding hydrogens is 338 g/mol. The number of aryl methyl sites for hydroxylation is 1. The molecule has 1 aromatic rings. The van der Waals surface area contributed by atoms with Crippen molar-refractivity contribution in [1.29, 1.82) is 0 Å². The van der Waals surface area contributed by atoms with Crippen LogP contribution in [-0.4, -0.2) is 37.1 Å². The van der Waals surface area contributed by atoms with Crippen molar-refractivity contribution in [3.63, 3.8) is 0 Å². The van der Waals surface area contributed by atoms with Gasteiger partial charge in [0.15, 0.2) is 0 Å². The molecule has 0 aliphatic carbocycles. The van der Waals surface area contributed by atoms with Gasteiger partial charge < -0.3 is 9.47 Å². The molecule has 0 bridgehead atoms. The molecule has 0 amide bonds. The number of hydrogen-bond donors (Lipinski definition) is 1. The molecule has 0 aromatic heterocycles. The van der Waals surface area contributed by atoms with Crippen molar-refractivity contribution in [2.24, 2.45) is 0 Å². The summed E-state index contributed by atoms with van der Waals surface area (Å²) in [5.41, 5.74) is 1.12. The largest absolute Gasteiger partial charge is 0.494 e. The molecule has 0 fully saturated rings. The fraction of sp³-hybridized carbons (Fsp3) is 0.650. The van der Waals surface area contributed by atoms with Crippen LogP contribution in [0, 0.1) is 0 Å². The quantitative estimate of drug-likeness (QED) is 0.358. The first-order valence-corrected chi connectivity index (χ1v) is 9.52. The third kappa shape index (κ3) is 9.71. The summed E-state index contributed by atoms with van der Waals surface area (Å²) in [5.74, 6) is 1.37. The van der Waals surface area contributed by atoms with Crippen LogP contribution in [0.4, 0.5) is 0 Å². The molecule has 1 rings (SSSR count). The summed E-state index contributed by atoms with van der Waals surface area (Å²) in [4.78, 5) is 11.9. The third-order valence-electron chi connectivity index (χ3n) is 3.77. The number of ether oxygens (including phenoxy) is 2. The lowest BCUT2D eigenvalue weighted by molar-refractivity contribution is -0.143. The maximum Gasteiger partial charge on any atom is 0.322 e. The fourth-order valence-electron chi connectivity index (χ4n) is 2.56. The Morgan fingerprint density at radius 3 is 2.40 bits per heavy atom. The molecule has 0 saturated carbocycles. The Bertz CT molecular complexity index is 497. The predicted molar refractivity (Wildman–Crippen MR) is 104 cm³/mol. The highest BCUT2D eigenvalue weighted by Crippen LogP contribution is 2.16. The van der Waals surface area contributed by atoms with E-state index in [2.05, 4.69) is 38.2 Å². The van der Waals surface area contributed by atoms with Crippen LogP contribution in [0.2, 0.25) is 0 Å². The minimum atomic E-state index is -0.269. The average Bonchev–Trinajstić information content (AvgIpc) is 2.57. The van der Waals surface area contributed by atoms with E-state index in [1.165, 1.54) is 12.7 Å². The number of nitrogens with one attached hydrogen (secondary N) is 1. The Balaban J connectivity index is 2.41. The fourth-order valence-corrected chi connectivity index (χ4v) is 2.75. The molecule has 5 heteroatoms. The van der Waals surface area contributed by atoms with Crippen LogP contribution < -0.4 is 10.1 Å². The van der Waals surface area contributed by atoms with Crippen LogP contribution in [0.5, 0.6) is 5.75 Å². The van der Waals surface area contributed by atoms with Gasteiger partial charge in [-0.3, -0.25) is 10.1 Å². The number of esters is 1. The molecule has 1 atom stereocenters. The lowest BCUT2D eigenvalue weighted by Gasteiger charge is -2.27. The van der Waals surface area contributed by atoms with Crippen LogP contribution in [0.25, 0.3) is 0 Å². The third-order valence-corrected chi connectivity index (χ3v) is 4.04. The van der Waals surface area contributed by atoms with E-state index in [0.29, 0.717) is 12.5 Å². The second-order valence-corrected chi connectivity index (χ2v) is 7.63. The SMILES string of the molecule is COC(=O)C(CCCc1ccc(OCCCCCl)cc1)NC(C)(C)C. The van der Waals surface area contributed by atoms with Crippen molar-refractivity contribution in [1.82, 2.24) is 5.32 Å². The van der Waals surface area contributed by atoms with Gasteiger partial charge in [0, 0.05) is 11.4 Å². The minimum Gasteiger partial charge on any atom is -0.494 e. The number of methoxy groups -OCH3 is 1. The van der Waals surface area contributed by atoms with E-state index in [1.54, 1.807) is 0 Å². The second kappa shape index (κ2) is 11.4. The maximum absolute atomic E-state index is 11.9. The first-order valence-electron chi connectivity index (χ1n) is 8.99. The van der Waals surface area contributed by atoms with E-state index in [4.69, 9.17) is 21.1 Å². The number of unbranched alkanes of at least 4 members (excludes halogenated alkanes) is 1. The molecule has 0 aliphatic heterocycles. The first-order chi connectivity index (χ1) is 11.9. The summed E-state index contributed by atoms with van der Waals surface area (Å²) in [6, 6.07) is 7.90. The standard InChI is InChI=1S/C20H32ClNO3/c1-20(2,3)22-18(19(23)24-4)9-7-8-16-10-12-17(13-11-16)25-15-6-5-14-21/h10-13,18,22H,5-9,14-15H2,1-4H3. The number of carbonyl (C=O) groups excluding carboxylic acids is 1. The van der Waals surface area contributed by atoms with Gasteiger partial charge in [0.2, 0.25) is 0 Å². The molecule has 0 radical (unpaired) electrons. The average molecular weight is 370 g/mol. The highest BCUT2D eigenvalue weighted by molar-refractivity contribution is 6.17. The van der Waals surface area contributed by atoms with E-state index in [-0.39, 0.29) is 17.6 Å². The van der Waals surface area contributed by atoms with Crippen molar-refractivity contribution in [3.8, 4) is 5.75 Å². The number of halogens is 1. The number of carbonyl (C=O) groups is 1. The smallest absolute Gasteiger partial charge is 0.322 e. The molecule has 0 aliphatic rings. The number of hydrogen-bond acceptors (Lipinski definition) is 4. The van der Waals surface area contributed by atoms with Crippen molar-refractivity contribution in [2.75, 3.05) is 19.6 Å². The maximum atomic E-state index is 11.9. The Kier molecular flexibility index (Phi) is 9.91. The number of alkyl halides is 1. The van der Waals surface area contributed by atoms with Crippen molar-refractivity contribution < 1.29 is 14.3 Å². The molecule has 0 spiro atoms. The summed E-state index contributed by atoms with van der Waals surface area (Å²) in [6.45, 7) is 6.85. The Labute approximate surface area is 157 Å². The van der Waals surface area contributed by atoms with E-state index in [9.17, 15) is 4.79 Å². The van der Waals surface area contributed by atoms with E-state index < -0.39 is 0 Å². The first kappa shape index (κ1) is 21.8. The summed E-state index contributed by atoms with van der Waals surface area (Å²) in [6.07, 6.45) is 4.54. The second-order valence-electron chi connectivity index (χ2n) is 7.25. The van der Waals surface area contributed by atoms with Crippen LogP contribution in [0.15, 0.2) is 24.3 Å². The zero-order chi connectivity index (χ0) is 18.7. The summed E-state index contributed by atoms with van der Waals surface area (Å²) < 4.78 is 10.6. The monoisotopic (exact) mass is 369 g/mol. The van der Waals surface area contributed by atoms with E-state index >= 15 is 0 Å². The molecule has 1 unspecified atom stereocenters. The summed E-state index contributed by atoms with van der Waals surface area (Å²) in [7, 11) is 1.44. The molecule has 1 N–H and O–H groups in total. The number of benzene rings is 1. The predicted octanol–water partition coefficient (Wildman–Crippen LogP) is 4.34. The lowest BCUT2D eigenvalue weighted by Crippen LogP contribution is -2.48. The van der Waals surface area contributed by atoms with Gasteiger partial charge in [-0.05, 0) is 70.6 Å². The van der Waals surface area contributed by atoms with Crippen LogP contribution in [0.3, 0.4) is 0 Å². The van der Waals surface area contributed by atoms with Crippen molar-refractivity contribution in [3.05, 3.63) is 29.8 Å². The molecule has 1 aromatic carbocycles. The highest BCUT2D eigenvalue weighted by Gasteiger charge is 2.23. The zero-order valence-electron chi connectivity index (χ0n) is 15.9. The van der Waals surface area contributed by atoms with Gasteiger partial charge in [0.25, 0.3) is 0 Å². The molecule has 0 saturated heterocycles. The Morgan fingerprint density at radius 2 is 1.84 bits per heavy atom. The summed E-state index contributed by atoms with van der Waals surface area (Å²) >= 11 is 5.65. The van der Waals surface area contributed by atoms with Crippen molar-refractivity contribution >= 4 is 17.6 Å². The lowest BCUT2D eigenvalue weighted by atomic mass is 10.0.